The first-order valence-corrected chi connectivity index (χ1v) is 15.5. The third-order valence-electron chi connectivity index (χ3n) is 8.55. The summed E-state index contributed by atoms with van der Waals surface area (Å²) in [5.74, 6) is -4.17. The van der Waals surface area contributed by atoms with Crippen molar-refractivity contribution in [3.05, 3.63) is 58.6 Å². The first-order chi connectivity index (χ1) is 17.7. The monoisotopic (exact) mass is 589 g/mol. The number of benzene rings is 2. The zero-order valence-corrected chi connectivity index (χ0v) is 22.7. The number of sulfone groups is 1. The Hall–Kier alpha value is -2.28. The maximum absolute atomic E-state index is 15.7. The van der Waals surface area contributed by atoms with Crippen molar-refractivity contribution in [2.75, 3.05) is 6.61 Å². The van der Waals surface area contributed by atoms with Gasteiger partial charge in [-0.25, -0.2) is 30.3 Å². The summed E-state index contributed by atoms with van der Waals surface area (Å²) in [5.41, 5.74) is -1.82. The summed E-state index contributed by atoms with van der Waals surface area (Å²) in [7, 11) is -8.34. The number of carboxylic acids is 1. The lowest BCUT2D eigenvalue weighted by molar-refractivity contribution is -0.137. The third-order valence-corrected chi connectivity index (χ3v) is 13.4. The minimum Gasteiger partial charge on any atom is -0.489 e. The van der Waals surface area contributed by atoms with Crippen LogP contribution in [0.5, 0.6) is 5.75 Å². The molecule has 2 heterocycles. The quantitative estimate of drug-likeness (QED) is 0.539. The number of halogens is 3. The largest absolute Gasteiger partial charge is 0.489 e. The van der Waals surface area contributed by atoms with Crippen molar-refractivity contribution < 1.29 is 40.3 Å². The predicted octanol–water partition coefficient (Wildman–Crippen LogP) is 4.02. The topological polar surface area (TPSA) is 127 Å². The summed E-state index contributed by atoms with van der Waals surface area (Å²) < 4.78 is 92.1. The number of aliphatic carboxylic acids is 1. The Labute approximate surface area is 224 Å². The van der Waals surface area contributed by atoms with E-state index >= 15 is 4.39 Å². The van der Waals surface area contributed by atoms with Crippen molar-refractivity contribution in [3.8, 4) is 5.75 Å². The van der Waals surface area contributed by atoms with E-state index in [1.807, 2.05) is 0 Å². The van der Waals surface area contributed by atoms with E-state index in [0.29, 0.717) is 5.02 Å². The molecule has 1 aliphatic carbocycles. The normalized spacial score (nSPS) is 31.8. The Bertz CT molecular complexity index is 1520. The van der Waals surface area contributed by atoms with Crippen molar-refractivity contribution >= 4 is 37.4 Å². The highest BCUT2D eigenvalue weighted by molar-refractivity contribution is 7.92. The van der Waals surface area contributed by atoms with Gasteiger partial charge in [-0.05, 0) is 68.0 Å². The van der Waals surface area contributed by atoms with Gasteiger partial charge in [0.05, 0.1) is 22.3 Å². The van der Waals surface area contributed by atoms with Gasteiger partial charge < -0.3 is 9.84 Å². The van der Waals surface area contributed by atoms with Crippen LogP contribution in [0.3, 0.4) is 0 Å². The van der Waals surface area contributed by atoms with Crippen LogP contribution >= 0.6 is 11.6 Å². The van der Waals surface area contributed by atoms with Crippen molar-refractivity contribution in [1.29, 1.82) is 0 Å². The minimum atomic E-state index is -4.45. The van der Waals surface area contributed by atoms with Gasteiger partial charge in [0.25, 0.3) is 0 Å². The van der Waals surface area contributed by atoms with E-state index in [0.717, 1.165) is 12.1 Å². The summed E-state index contributed by atoms with van der Waals surface area (Å²) >= 11 is 5.99. The predicted molar refractivity (Wildman–Crippen MR) is 134 cm³/mol. The zero-order valence-electron chi connectivity index (χ0n) is 20.3. The maximum atomic E-state index is 15.7. The van der Waals surface area contributed by atoms with Gasteiger partial charge in [0.2, 0.25) is 10.0 Å². The molecule has 2 N–H and O–H groups in total. The summed E-state index contributed by atoms with van der Waals surface area (Å²) in [6.07, 6.45) is -0.798. The van der Waals surface area contributed by atoms with Gasteiger partial charge in [-0.3, -0.25) is 4.79 Å². The number of ether oxygens (including phenoxy) is 1. The van der Waals surface area contributed by atoms with Gasteiger partial charge in [0.1, 0.15) is 10.6 Å². The molecular formula is C25H26ClF2NO7S2. The van der Waals surface area contributed by atoms with Crippen LogP contribution in [0.4, 0.5) is 8.78 Å². The Morgan fingerprint density at radius 1 is 1.18 bits per heavy atom. The van der Waals surface area contributed by atoms with Gasteiger partial charge in [-0.2, -0.15) is 0 Å². The summed E-state index contributed by atoms with van der Waals surface area (Å²) in [5, 5.41) is 8.33. The second-order valence-electron chi connectivity index (χ2n) is 10.4. The molecule has 5 rings (SSSR count). The molecule has 1 unspecified atom stereocenters. The fourth-order valence-electron chi connectivity index (χ4n) is 6.73. The van der Waals surface area contributed by atoms with Crippen molar-refractivity contribution in [2.24, 2.45) is 11.3 Å². The van der Waals surface area contributed by atoms with Crippen LogP contribution in [0, 0.1) is 23.0 Å². The molecule has 2 aromatic carbocycles. The molecule has 5 atom stereocenters. The molecule has 0 bridgehead atoms. The van der Waals surface area contributed by atoms with Crippen LogP contribution in [0.15, 0.2) is 41.3 Å². The molecule has 2 fully saturated rings. The average molecular weight is 590 g/mol. The molecule has 13 heteroatoms. The van der Waals surface area contributed by atoms with Crippen molar-refractivity contribution in [1.82, 2.24) is 4.72 Å². The van der Waals surface area contributed by atoms with E-state index in [2.05, 4.69) is 4.72 Å². The Balaban J connectivity index is 1.74. The highest BCUT2D eigenvalue weighted by Crippen LogP contribution is 2.65. The van der Waals surface area contributed by atoms with Crippen LogP contribution in [0.1, 0.15) is 44.6 Å². The summed E-state index contributed by atoms with van der Waals surface area (Å²) in [6.45, 7) is 1.29. The average Bonchev–Trinajstić information content (AvgIpc) is 2.84. The molecule has 0 spiro atoms. The number of nitrogens with one attached hydrogen (secondary N) is 1. The van der Waals surface area contributed by atoms with Crippen LogP contribution in [-0.4, -0.2) is 45.8 Å². The number of fused-ring (bicyclic) bond motifs is 5. The molecule has 38 heavy (non-hydrogen) atoms. The first kappa shape index (κ1) is 27.3. The smallest absolute Gasteiger partial charge is 0.303 e. The highest BCUT2D eigenvalue weighted by atomic mass is 35.5. The van der Waals surface area contributed by atoms with Crippen LogP contribution in [0.2, 0.25) is 5.02 Å². The molecule has 1 saturated carbocycles. The number of carbonyl (C=O) groups is 1. The standard InChI is InChI=1S/C25H26ClF2NO7S2/c1-24-13-36-23-19(28)8-7-18(27)22(23)25(24,37(32,33)15-4-2-14(26)3-5-15)11-10-20-17(24)12-16(6-9-21(30)31)38(34,35)29-20/h2-5,7-8,16-17,20,29H,6,9-13H2,1H3,(H,30,31)/t16-,17+,20+,24-,25?/m1/s1. The maximum Gasteiger partial charge on any atom is 0.303 e. The van der Waals surface area contributed by atoms with Gasteiger partial charge in [-0.15, -0.1) is 0 Å². The molecule has 2 aromatic rings. The fraction of sp³-hybridized carbons (Fsp3) is 0.480. The number of carboxylic acid groups (broad SMARTS) is 1. The Morgan fingerprint density at radius 3 is 2.50 bits per heavy atom. The number of rotatable bonds is 5. The van der Waals surface area contributed by atoms with Crippen LogP contribution in [-0.2, 0) is 29.4 Å². The van der Waals surface area contributed by atoms with Crippen LogP contribution < -0.4 is 9.46 Å². The van der Waals surface area contributed by atoms with Crippen LogP contribution in [0.25, 0.3) is 0 Å². The lowest BCUT2D eigenvalue weighted by Crippen LogP contribution is -2.68. The van der Waals surface area contributed by atoms with Gasteiger partial charge in [0, 0.05) is 22.9 Å². The van der Waals surface area contributed by atoms with E-state index < -0.39 is 82.6 Å². The molecule has 0 radical (unpaired) electrons. The SMILES string of the molecule is C[C@]12COc3c(F)ccc(F)c3C1(S(=O)(=O)c1ccc(Cl)cc1)CC[C@@H]1NS(=O)(=O)[C@H](CCC(=O)O)C[C@@H]12. The van der Waals surface area contributed by atoms with E-state index in [4.69, 9.17) is 21.4 Å². The zero-order chi connectivity index (χ0) is 27.7. The Kier molecular flexibility index (Phi) is 6.56. The fourth-order valence-corrected chi connectivity index (χ4v) is 11.2. The van der Waals surface area contributed by atoms with Crippen molar-refractivity contribution in [3.63, 3.8) is 0 Å². The summed E-state index contributed by atoms with van der Waals surface area (Å²) in [6, 6.07) is 6.46. The molecular weight excluding hydrogens is 564 g/mol. The number of hydrogen-bond acceptors (Lipinski definition) is 6. The third kappa shape index (κ3) is 3.86. The number of hydrogen-bond donors (Lipinski definition) is 2. The van der Waals surface area contributed by atoms with Gasteiger partial charge >= 0.3 is 5.97 Å². The van der Waals surface area contributed by atoms with E-state index in [1.165, 1.54) is 24.3 Å². The van der Waals surface area contributed by atoms with Gasteiger partial charge in [0.15, 0.2) is 21.4 Å². The molecule has 206 valence electrons. The number of sulfonamides is 1. The highest BCUT2D eigenvalue weighted by Gasteiger charge is 2.70. The lowest BCUT2D eigenvalue weighted by Gasteiger charge is -2.61. The van der Waals surface area contributed by atoms with E-state index in [9.17, 15) is 26.0 Å². The molecule has 3 aliphatic rings. The molecule has 1 saturated heterocycles. The molecule has 2 aliphatic heterocycles. The first-order valence-electron chi connectivity index (χ1n) is 12.1. The van der Waals surface area contributed by atoms with Gasteiger partial charge in [-0.1, -0.05) is 18.5 Å². The Morgan fingerprint density at radius 2 is 1.84 bits per heavy atom. The molecule has 0 aromatic heterocycles. The second kappa shape index (κ2) is 9.14. The minimum absolute atomic E-state index is 0.0351. The van der Waals surface area contributed by atoms with E-state index in [1.54, 1.807) is 6.92 Å². The molecule has 0 amide bonds. The lowest BCUT2D eigenvalue weighted by atomic mass is 9.55. The van der Waals surface area contributed by atoms with E-state index in [-0.39, 0.29) is 37.2 Å². The second-order valence-corrected chi connectivity index (χ2v) is 15.0. The molecule has 8 nitrogen and oxygen atoms in total. The van der Waals surface area contributed by atoms with Crippen molar-refractivity contribution in [2.45, 2.75) is 60.0 Å². The summed E-state index contributed by atoms with van der Waals surface area (Å²) in [4.78, 5) is 11.1.